The van der Waals surface area contributed by atoms with Crippen LogP contribution in [0.25, 0.3) is 0 Å². The molecule has 1 N–H and O–H groups in total. The molecule has 14 heavy (non-hydrogen) atoms. The Bertz CT molecular complexity index is 166. The maximum Gasteiger partial charge on any atom is 0.0328 e. The van der Waals surface area contributed by atoms with Crippen LogP contribution in [0.15, 0.2) is 23.4 Å². The fraction of sp³-hybridized carbons (Fsp3) is 0.692. The first-order valence-electron chi connectivity index (χ1n) is 5.89. The molecule has 0 spiro atoms. The third-order valence-electron chi connectivity index (χ3n) is 1.85. The molecule has 0 saturated carbocycles. The van der Waals surface area contributed by atoms with Gasteiger partial charge in [0.25, 0.3) is 0 Å². The van der Waals surface area contributed by atoms with Crippen molar-refractivity contribution in [2.45, 2.75) is 54.4 Å². The molecule has 84 valence electrons. The average Bonchev–Trinajstić information content (AvgIpc) is 2.23. The van der Waals surface area contributed by atoms with Gasteiger partial charge in [0, 0.05) is 12.2 Å². The molecule has 0 radical (unpaired) electrons. The van der Waals surface area contributed by atoms with E-state index in [4.69, 9.17) is 0 Å². The molecule has 0 amide bonds. The van der Waals surface area contributed by atoms with Crippen LogP contribution in [-0.2, 0) is 0 Å². The van der Waals surface area contributed by atoms with Crippen molar-refractivity contribution in [3.8, 4) is 0 Å². The Morgan fingerprint density at radius 1 is 1.14 bits per heavy atom. The Morgan fingerprint density at radius 2 is 1.71 bits per heavy atom. The maximum absolute atomic E-state index is 3.38. The molecule has 0 aliphatic rings. The summed E-state index contributed by atoms with van der Waals surface area (Å²) in [4.78, 5) is 0. The monoisotopic (exact) mass is 197 g/mol. The highest BCUT2D eigenvalue weighted by Crippen LogP contribution is 2.11. The molecule has 0 heterocycles. The van der Waals surface area contributed by atoms with Crippen LogP contribution in [0.1, 0.15) is 54.4 Å². The summed E-state index contributed by atoms with van der Waals surface area (Å²) in [5.41, 5.74) is 2.73. The lowest BCUT2D eigenvalue weighted by molar-refractivity contribution is 0.836. The summed E-state index contributed by atoms with van der Waals surface area (Å²) in [5.74, 6) is 0. The lowest BCUT2D eigenvalue weighted by atomic mass is 10.1. The van der Waals surface area contributed by atoms with E-state index >= 15 is 0 Å². The second-order valence-corrected chi connectivity index (χ2v) is 2.72. The van der Waals surface area contributed by atoms with Gasteiger partial charge in [0.2, 0.25) is 0 Å². The number of hydrogen-bond donors (Lipinski definition) is 1. The van der Waals surface area contributed by atoms with Gasteiger partial charge < -0.3 is 5.32 Å². The highest BCUT2D eigenvalue weighted by molar-refractivity contribution is 5.28. The number of hydrogen-bond acceptors (Lipinski definition) is 1. The van der Waals surface area contributed by atoms with Gasteiger partial charge in [0.1, 0.15) is 0 Å². The van der Waals surface area contributed by atoms with Crippen molar-refractivity contribution in [3.05, 3.63) is 23.4 Å². The zero-order valence-electron chi connectivity index (χ0n) is 10.8. The predicted octanol–water partition coefficient (Wildman–Crippen LogP) is 4.27. The summed E-state index contributed by atoms with van der Waals surface area (Å²) in [5, 5.41) is 3.38. The van der Waals surface area contributed by atoms with Gasteiger partial charge in [0.15, 0.2) is 0 Å². The minimum atomic E-state index is 1.00. The first kappa shape index (κ1) is 15.7. The van der Waals surface area contributed by atoms with Crippen molar-refractivity contribution in [2.75, 3.05) is 6.54 Å². The minimum absolute atomic E-state index is 1.00. The summed E-state index contributed by atoms with van der Waals surface area (Å²) >= 11 is 0. The van der Waals surface area contributed by atoms with E-state index in [0.29, 0.717) is 0 Å². The van der Waals surface area contributed by atoms with E-state index in [1.165, 1.54) is 11.3 Å². The SMILES string of the molecule is C/C=C(CC)\C(=C\CC)NCC.CC. The molecule has 1 heteroatoms. The molecule has 0 aromatic carbocycles. The van der Waals surface area contributed by atoms with Gasteiger partial charge in [-0.15, -0.1) is 0 Å². The molecule has 0 bridgehead atoms. The van der Waals surface area contributed by atoms with Crippen LogP contribution in [0.3, 0.4) is 0 Å². The van der Waals surface area contributed by atoms with E-state index in [9.17, 15) is 0 Å². The van der Waals surface area contributed by atoms with Crippen LogP contribution in [0.4, 0.5) is 0 Å². The number of allylic oxidation sites excluding steroid dienone is 3. The molecular weight excluding hydrogens is 170 g/mol. The summed E-state index contributed by atoms with van der Waals surface area (Å²) in [7, 11) is 0. The van der Waals surface area contributed by atoms with Gasteiger partial charge >= 0.3 is 0 Å². The zero-order chi connectivity index (χ0) is 11.4. The average molecular weight is 197 g/mol. The molecule has 0 aliphatic carbocycles. The number of rotatable bonds is 5. The van der Waals surface area contributed by atoms with E-state index in [2.05, 4.69) is 45.2 Å². The zero-order valence-corrected chi connectivity index (χ0v) is 10.8. The van der Waals surface area contributed by atoms with Gasteiger partial charge in [0.05, 0.1) is 0 Å². The number of likely N-dealkylation sites (N-methyl/N-ethyl adjacent to an activating group) is 1. The second kappa shape index (κ2) is 12.3. The van der Waals surface area contributed by atoms with Crippen molar-refractivity contribution in [1.29, 1.82) is 0 Å². The molecule has 0 saturated heterocycles. The van der Waals surface area contributed by atoms with E-state index in [0.717, 1.165) is 19.4 Å². The normalized spacial score (nSPS) is 11.9. The number of nitrogens with one attached hydrogen (secondary N) is 1. The molecule has 0 fully saturated rings. The van der Waals surface area contributed by atoms with Crippen molar-refractivity contribution in [3.63, 3.8) is 0 Å². The lowest BCUT2D eigenvalue weighted by Gasteiger charge is -2.11. The minimum Gasteiger partial charge on any atom is -0.385 e. The Hall–Kier alpha value is -0.720. The van der Waals surface area contributed by atoms with Crippen molar-refractivity contribution in [1.82, 2.24) is 5.32 Å². The first-order chi connectivity index (χ1) is 6.79. The van der Waals surface area contributed by atoms with Crippen LogP contribution in [0.2, 0.25) is 0 Å². The van der Waals surface area contributed by atoms with Crippen LogP contribution >= 0.6 is 0 Å². The van der Waals surface area contributed by atoms with Gasteiger partial charge in [-0.05, 0) is 32.3 Å². The third kappa shape index (κ3) is 6.76. The quantitative estimate of drug-likeness (QED) is 0.649. The summed E-state index contributed by atoms with van der Waals surface area (Å²) < 4.78 is 0. The molecule has 0 aromatic rings. The van der Waals surface area contributed by atoms with Gasteiger partial charge in [-0.25, -0.2) is 0 Å². The van der Waals surface area contributed by atoms with E-state index in [1.54, 1.807) is 0 Å². The Kier molecular flexibility index (Phi) is 13.8. The maximum atomic E-state index is 3.38. The fourth-order valence-electron chi connectivity index (χ4n) is 1.26. The third-order valence-corrected chi connectivity index (χ3v) is 1.85. The Labute approximate surface area is 90.3 Å². The Balaban J connectivity index is 0. The lowest BCUT2D eigenvalue weighted by Crippen LogP contribution is -2.13. The van der Waals surface area contributed by atoms with Crippen molar-refractivity contribution >= 4 is 0 Å². The van der Waals surface area contributed by atoms with Crippen LogP contribution < -0.4 is 5.32 Å². The molecule has 0 aromatic heterocycles. The largest absolute Gasteiger partial charge is 0.385 e. The van der Waals surface area contributed by atoms with Crippen LogP contribution in [0.5, 0.6) is 0 Å². The first-order valence-corrected chi connectivity index (χ1v) is 5.89. The van der Waals surface area contributed by atoms with Crippen molar-refractivity contribution < 1.29 is 0 Å². The molecule has 0 aliphatic heterocycles. The summed E-state index contributed by atoms with van der Waals surface area (Å²) in [6, 6.07) is 0. The smallest absolute Gasteiger partial charge is 0.0328 e. The highest BCUT2D eigenvalue weighted by atomic mass is 14.9. The van der Waals surface area contributed by atoms with Crippen molar-refractivity contribution in [2.24, 2.45) is 0 Å². The van der Waals surface area contributed by atoms with E-state index in [-0.39, 0.29) is 0 Å². The molecule has 0 unspecified atom stereocenters. The molecule has 0 atom stereocenters. The standard InChI is InChI=1S/C11H21N.C2H6/c1-5-9-11(12-8-4)10(6-2)7-3;1-2/h6,9,12H,5,7-8H2,1-4H3;1-2H3/b10-6-,11-9-;. The fourth-order valence-corrected chi connectivity index (χ4v) is 1.26. The summed E-state index contributed by atoms with van der Waals surface area (Å²) in [6.45, 7) is 13.6. The summed E-state index contributed by atoms with van der Waals surface area (Å²) in [6.07, 6.45) is 6.64. The highest BCUT2D eigenvalue weighted by Gasteiger charge is 1.98. The van der Waals surface area contributed by atoms with E-state index < -0.39 is 0 Å². The molecule has 1 nitrogen and oxygen atoms in total. The Morgan fingerprint density at radius 3 is 2.00 bits per heavy atom. The van der Waals surface area contributed by atoms with Crippen LogP contribution in [0, 0.1) is 0 Å². The van der Waals surface area contributed by atoms with Gasteiger partial charge in [-0.2, -0.15) is 0 Å². The molecular formula is C13H27N. The van der Waals surface area contributed by atoms with Crippen LogP contribution in [-0.4, -0.2) is 6.54 Å². The molecule has 0 rings (SSSR count). The van der Waals surface area contributed by atoms with E-state index in [1.807, 2.05) is 13.8 Å². The van der Waals surface area contributed by atoms with Gasteiger partial charge in [-0.1, -0.05) is 39.8 Å². The van der Waals surface area contributed by atoms with Gasteiger partial charge in [-0.3, -0.25) is 0 Å². The second-order valence-electron chi connectivity index (χ2n) is 2.72. The predicted molar refractivity (Wildman–Crippen MR) is 67.4 cm³/mol. The topological polar surface area (TPSA) is 12.0 Å².